The smallest absolute Gasteiger partial charge is 0.0537 e. The first-order valence-corrected chi connectivity index (χ1v) is 7.58. The van der Waals surface area contributed by atoms with Crippen molar-refractivity contribution in [2.24, 2.45) is 7.05 Å². The topological polar surface area (TPSA) is 29.9 Å². The Kier molecular flexibility index (Phi) is 4.51. The van der Waals surface area contributed by atoms with Crippen LogP contribution in [-0.2, 0) is 13.6 Å². The van der Waals surface area contributed by atoms with Gasteiger partial charge in [-0.15, -0.1) is 0 Å². The third-order valence-electron chi connectivity index (χ3n) is 3.70. The number of hydrogen-bond donors (Lipinski definition) is 1. The highest BCUT2D eigenvalue weighted by atomic mass is 32.2. The average Bonchev–Trinajstić information content (AvgIpc) is 2.87. The molecule has 17 heavy (non-hydrogen) atoms. The van der Waals surface area contributed by atoms with E-state index in [0.717, 1.165) is 11.8 Å². The molecular weight excluding hydrogens is 230 g/mol. The fourth-order valence-electron chi connectivity index (χ4n) is 2.48. The van der Waals surface area contributed by atoms with E-state index in [1.807, 2.05) is 17.9 Å². The summed E-state index contributed by atoms with van der Waals surface area (Å²) < 4.78 is 1.95. The van der Waals surface area contributed by atoms with E-state index in [2.05, 4.69) is 36.0 Å². The normalized spacial score (nSPS) is 24.4. The molecule has 0 amide bonds. The molecule has 1 fully saturated rings. The summed E-state index contributed by atoms with van der Waals surface area (Å²) in [4.78, 5) is 0. The molecule has 0 bridgehead atoms. The van der Waals surface area contributed by atoms with Crippen LogP contribution in [0.4, 0.5) is 0 Å². The van der Waals surface area contributed by atoms with Gasteiger partial charge in [0.1, 0.15) is 0 Å². The highest BCUT2D eigenvalue weighted by Gasteiger charge is 2.24. The number of aromatic nitrogens is 2. The van der Waals surface area contributed by atoms with Gasteiger partial charge in [-0.2, -0.15) is 16.9 Å². The van der Waals surface area contributed by atoms with Crippen molar-refractivity contribution in [3.63, 3.8) is 0 Å². The number of nitrogens with zero attached hydrogens (tertiary/aromatic N) is 2. The number of nitrogens with one attached hydrogen (secondary N) is 1. The van der Waals surface area contributed by atoms with Crippen LogP contribution in [0, 0.1) is 6.92 Å². The van der Waals surface area contributed by atoms with E-state index >= 15 is 0 Å². The zero-order valence-electron chi connectivity index (χ0n) is 11.1. The maximum absolute atomic E-state index is 4.28. The van der Waals surface area contributed by atoms with Crippen LogP contribution in [0.25, 0.3) is 0 Å². The molecule has 1 heterocycles. The molecule has 0 spiro atoms. The molecule has 1 aliphatic carbocycles. The van der Waals surface area contributed by atoms with E-state index in [1.165, 1.54) is 36.3 Å². The molecule has 1 aromatic rings. The average molecular weight is 253 g/mol. The molecule has 0 aromatic carbocycles. The summed E-state index contributed by atoms with van der Waals surface area (Å²) in [7, 11) is 2.00. The van der Waals surface area contributed by atoms with Crippen molar-refractivity contribution in [2.75, 3.05) is 5.75 Å². The van der Waals surface area contributed by atoms with Gasteiger partial charge in [-0.1, -0.05) is 6.92 Å². The van der Waals surface area contributed by atoms with Crippen LogP contribution in [0.1, 0.15) is 37.4 Å². The van der Waals surface area contributed by atoms with E-state index in [1.54, 1.807) is 0 Å². The van der Waals surface area contributed by atoms with Gasteiger partial charge in [0.2, 0.25) is 0 Å². The van der Waals surface area contributed by atoms with Gasteiger partial charge in [0.15, 0.2) is 0 Å². The first-order valence-electron chi connectivity index (χ1n) is 6.53. The van der Waals surface area contributed by atoms with Crippen LogP contribution >= 0.6 is 11.8 Å². The summed E-state index contributed by atoms with van der Waals surface area (Å²) in [6.45, 7) is 5.35. The maximum atomic E-state index is 4.28. The number of aryl methyl sites for hydroxylation is 1. The number of thioether (sulfide) groups is 1. The molecular formula is C13H23N3S. The molecule has 0 saturated heterocycles. The Bertz CT molecular complexity index is 362. The van der Waals surface area contributed by atoms with E-state index < -0.39 is 0 Å². The molecule has 1 N–H and O–H groups in total. The molecule has 2 unspecified atom stereocenters. The summed E-state index contributed by atoms with van der Waals surface area (Å²) in [5, 5.41) is 8.83. The first kappa shape index (κ1) is 13.0. The van der Waals surface area contributed by atoms with Crippen molar-refractivity contribution in [2.45, 2.75) is 50.9 Å². The predicted octanol–water partition coefficient (Wildman–Crippen LogP) is 2.49. The van der Waals surface area contributed by atoms with Gasteiger partial charge in [-0.05, 0) is 31.9 Å². The molecule has 96 valence electrons. The Hall–Kier alpha value is -0.480. The SMILES string of the molecule is CCSC1CCC(NCc2cnn(C)c2C)C1. The van der Waals surface area contributed by atoms with Crippen LogP contribution in [0.3, 0.4) is 0 Å². The molecule has 0 radical (unpaired) electrons. The van der Waals surface area contributed by atoms with E-state index in [9.17, 15) is 0 Å². The molecule has 3 nitrogen and oxygen atoms in total. The third kappa shape index (κ3) is 3.26. The van der Waals surface area contributed by atoms with Crippen molar-refractivity contribution < 1.29 is 0 Å². The lowest BCUT2D eigenvalue weighted by Gasteiger charge is -2.12. The Labute approximate surface area is 108 Å². The highest BCUT2D eigenvalue weighted by molar-refractivity contribution is 7.99. The van der Waals surface area contributed by atoms with Crippen molar-refractivity contribution in [3.05, 3.63) is 17.5 Å². The fourth-order valence-corrected chi connectivity index (χ4v) is 3.63. The molecule has 1 aliphatic rings. The van der Waals surface area contributed by atoms with Gasteiger partial charge in [-0.25, -0.2) is 0 Å². The second-order valence-electron chi connectivity index (χ2n) is 4.85. The van der Waals surface area contributed by atoms with Crippen LogP contribution in [0.2, 0.25) is 0 Å². The van der Waals surface area contributed by atoms with E-state index in [-0.39, 0.29) is 0 Å². The molecule has 2 atom stereocenters. The monoisotopic (exact) mass is 253 g/mol. The van der Waals surface area contributed by atoms with Gasteiger partial charge in [0.25, 0.3) is 0 Å². The second-order valence-corrected chi connectivity index (χ2v) is 6.42. The van der Waals surface area contributed by atoms with Crippen molar-refractivity contribution in [1.29, 1.82) is 0 Å². The Morgan fingerprint density at radius 3 is 3.00 bits per heavy atom. The van der Waals surface area contributed by atoms with Crippen molar-refractivity contribution in [1.82, 2.24) is 15.1 Å². The van der Waals surface area contributed by atoms with Gasteiger partial charge >= 0.3 is 0 Å². The van der Waals surface area contributed by atoms with E-state index in [4.69, 9.17) is 0 Å². The zero-order valence-corrected chi connectivity index (χ0v) is 11.9. The minimum atomic E-state index is 0.707. The quantitative estimate of drug-likeness (QED) is 0.874. The van der Waals surface area contributed by atoms with Gasteiger partial charge in [0.05, 0.1) is 6.20 Å². The molecule has 2 rings (SSSR count). The largest absolute Gasteiger partial charge is 0.310 e. The Balaban J connectivity index is 1.78. The Morgan fingerprint density at radius 2 is 2.35 bits per heavy atom. The number of hydrogen-bond acceptors (Lipinski definition) is 3. The summed E-state index contributed by atoms with van der Waals surface area (Å²) in [5.74, 6) is 1.25. The lowest BCUT2D eigenvalue weighted by molar-refractivity contribution is 0.524. The summed E-state index contributed by atoms with van der Waals surface area (Å²) in [6, 6.07) is 0.707. The van der Waals surface area contributed by atoms with Crippen LogP contribution in [-0.4, -0.2) is 26.8 Å². The van der Waals surface area contributed by atoms with Crippen LogP contribution in [0.5, 0.6) is 0 Å². The van der Waals surface area contributed by atoms with Crippen molar-refractivity contribution in [3.8, 4) is 0 Å². The third-order valence-corrected chi connectivity index (χ3v) is 4.94. The van der Waals surface area contributed by atoms with Crippen molar-refractivity contribution >= 4 is 11.8 Å². The standard InChI is InChI=1S/C13H23N3S/c1-4-17-13-6-5-12(7-13)14-8-11-9-15-16(3)10(11)2/h9,12-14H,4-8H2,1-3H3. The molecule has 0 aliphatic heterocycles. The molecule has 1 aromatic heterocycles. The molecule has 4 heteroatoms. The highest BCUT2D eigenvalue weighted by Crippen LogP contribution is 2.29. The maximum Gasteiger partial charge on any atom is 0.0537 e. The predicted molar refractivity (Wildman–Crippen MR) is 74.3 cm³/mol. The summed E-state index contributed by atoms with van der Waals surface area (Å²) in [5.41, 5.74) is 2.61. The minimum absolute atomic E-state index is 0.707. The van der Waals surface area contributed by atoms with Gasteiger partial charge in [-0.3, -0.25) is 4.68 Å². The van der Waals surface area contributed by atoms with Gasteiger partial charge < -0.3 is 5.32 Å². The second kappa shape index (κ2) is 5.91. The first-order chi connectivity index (χ1) is 8.20. The van der Waals surface area contributed by atoms with E-state index in [0.29, 0.717) is 6.04 Å². The number of rotatable bonds is 5. The summed E-state index contributed by atoms with van der Waals surface area (Å²) in [6.07, 6.45) is 6.02. The zero-order chi connectivity index (χ0) is 12.3. The molecule has 1 saturated carbocycles. The lowest BCUT2D eigenvalue weighted by atomic mass is 10.2. The minimum Gasteiger partial charge on any atom is -0.310 e. The van der Waals surface area contributed by atoms with Crippen LogP contribution < -0.4 is 5.32 Å². The van der Waals surface area contributed by atoms with Gasteiger partial charge in [0, 0.05) is 36.1 Å². The Morgan fingerprint density at radius 1 is 1.53 bits per heavy atom. The van der Waals surface area contributed by atoms with Crippen LogP contribution in [0.15, 0.2) is 6.20 Å². The lowest BCUT2D eigenvalue weighted by Crippen LogP contribution is -2.26. The fraction of sp³-hybridized carbons (Fsp3) is 0.769. The summed E-state index contributed by atoms with van der Waals surface area (Å²) >= 11 is 2.12.